The van der Waals surface area contributed by atoms with Crippen molar-refractivity contribution in [2.45, 2.75) is 32.4 Å². The number of aromatic amines is 1. The minimum atomic E-state index is 0.136. The van der Waals surface area contributed by atoms with Crippen molar-refractivity contribution < 1.29 is 9.84 Å². The predicted octanol–water partition coefficient (Wildman–Crippen LogP) is 3.90. The number of rotatable bonds is 3. The number of benzene rings is 2. The van der Waals surface area contributed by atoms with Crippen molar-refractivity contribution in [2.75, 3.05) is 6.54 Å². The molecule has 0 radical (unpaired) electrons. The standard InChI is InChI=1S/C20H22N2O2/c1-12(2)24-15-6-3-13(4-7-15)19-20-16(9-10-21-19)17-11-14(23)5-8-18(17)22-20/h3-8,11-12,19,21-23H,9-10H2,1-2H3. The Balaban J connectivity index is 1.72. The van der Waals surface area contributed by atoms with Crippen LogP contribution in [0, 0.1) is 0 Å². The van der Waals surface area contributed by atoms with Gasteiger partial charge < -0.3 is 20.1 Å². The second-order valence-electron chi connectivity index (χ2n) is 6.62. The minimum Gasteiger partial charge on any atom is -0.508 e. The first kappa shape index (κ1) is 15.1. The molecule has 0 aliphatic carbocycles. The minimum absolute atomic E-state index is 0.136. The van der Waals surface area contributed by atoms with Gasteiger partial charge in [-0.1, -0.05) is 12.1 Å². The molecule has 4 nitrogen and oxygen atoms in total. The summed E-state index contributed by atoms with van der Waals surface area (Å²) < 4.78 is 5.73. The fraction of sp³-hybridized carbons (Fsp3) is 0.300. The molecule has 4 heteroatoms. The van der Waals surface area contributed by atoms with Crippen molar-refractivity contribution >= 4 is 10.9 Å². The quantitative estimate of drug-likeness (QED) is 0.685. The fourth-order valence-corrected chi connectivity index (χ4v) is 3.51. The van der Waals surface area contributed by atoms with Gasteiger partial charge in [-0.3, -0.25) is 0 Å². The van der Waals surface area contributed by atoms with E-state index in [-0.39, 0.29) is 12.1 Å². The van der Waals surface area contributed by atoms with Crippen molar-refractivity contribution in [3.8, 4) is 11.5 Å². The molecule has 1 unspecified atom stereocenters. The zero-order valence-corrected chi connectivity index (χ0v) is 14.0. The van der Waals surface area contributed by atoms with Crippen molar-refractivity contribution in [2.24, 2.45) is 0 Å². The van der Waals surface area contributed by atoms with E-state index in [9.17, 15) is 5.11 Å². The molecule has 4 rings (SSSR count). The molecule has 2 heterocycles. The summed E-state index contributed by atoms with van der Waals surface area (Å²) in [6, 6.07) is 14.0. The predicted molar refractivity (Wildman–Crippen MR) is 95.7 cm³/mol. The summed E-state index contributed by atoms with van der Waals surface area (Å²) in [7, 11) is 0. The average molecular weight is 322 g/mol. The highest BCUT2D eigenvalue weighted by molar-refractivity contribution is 5.86. The summed E-state index contributed by atoms with van der Waals surface area (Å²) in [4.78, 5) is 3.53. The first-order valence-electron chi connectivity index (χ1n) is 8.45. The van der Waals surface area contributed by atoms with E-state index >= 15 is 0 Å². The van der Waals surface area contributed by atoms with E-state index in [4.69, 9.17) is 4.74 Å². The van der Waals surface area contributed by atoms with Gasteiger partial charge in [0.2, 0.25) is 0 Å². The van der Waals surface area contributed by atoms with Gasteiger partial charge in [-0.2, -0.15) is 0 Å². The first-order chi connectivity index (χ1) is 11.6. The third kappa shape index (κ3) is 2.63. The molecule has 24 heavy (non-hydrogen) atoms. The van der Waals surface area contributed by atoms with E-state index in [0.29, 0.717) is 5.75 Å². The average Bonchev–Trinajstić information content (AvgIpc) is 2.93. The molecule has 3 N–H and O–H groups in total. The lowest BCUT2D eigenvalue weighted by atomic mass is 9.94. The molecular formula is C20H22N2O2. The number of hydrogen-bond acceptors (Lipinski definition) is 3. The molecule has 0 bridgehead atoms. The maximum Gasteiger partial charge on any atom is 0.119 e. The van der Waals surface area contributed by atoms with Crippen LogP contribution in [0.2, 0.25) is 0 Å². The Labute approximate surface area is 141 Å². The van der Waals surface area contributed by atoms with Gasteiger partial charge in [-0.25, -0.2) is 0 Å². The van der Waals surface area contributed by atoms with Crippen LogP contribution in [0.4, 0.5) is 0 Å². The molecule has 1 aliphatic heterocycles. The van der Waals surface area contributed by atoms with Crippen LogP contribution < -0.4 is 10.1 Å². The highest BCUT2D eigenvalue weighted by Crippen LogP contribution is 2.35. The number of aromatic hydroxyl groups is 1. The largest absolute Gasteiger partial charge is 0.508 e. The molecule has 1 aliphatic rings. The fourth-order valence-electron chi connectivity index (χ4n) is 3.51. The summed E-state index contributed by atoms with van der Waals surface area (Å²) in [5.74, 6) is 1.21. The van der Waals surface area contributed by atoms with Crippen molar-refractivity contribution in [1.29, 1.82) is 0 Å². The van der Waals surface area contributed by atoms with Crippen LogP contribution in [0.3, 0.4) is 0 Å². The van der Waals surface area contributed by atoms with Crippen LogP contribution in [0.1, 0.15) is 36.7 Å². The number of nitrogens with one attached hydrogen (secondary N) is 2. The van der Waals surface area contributed by atoms with Crippen LogP contribution in [0.25, 0.3) is 10.9 Å². The Bertz CT molecular complexity index is 865. The Morgan fingerprint density at radius 3 is 2.67 bits per heavy atom. The highest BCUT2D eigenvalue weighted by atomic mass is 16.5. The second-order valence-corrected chi connectivity index (χ2v) is 6.62. The van der Waals surface area contributed by atoms with Gasteiger partial charge in [0.25, 0.3) is 0 Å². The van der Waals surface area contributed by atoms with Crippen LogP contribution >= 0.6 is 0 Å². The van der Waals surface area contributed by atoms with E-state index in [0.717, 1.165) is 29.6 Å². The van der Waals surface area contributed by atoms with E-state index in [2.05, 4.69) is 22.4 Å². The monoisotopic (exact) mass is 322 g/mol. The van der Waals surface area contributed by atoms with Crippen molar-refractivity contribution in [3.05, 3.63) is 59.3 Å². The summed E-state index contributed by atoms with van der Waals surface area (Å²) in [5.41, 5.74) is 4.78. The maximum absolute atomic E-state index is 9.79. The number of phenols is 1. The van der Waals surface area contributed by atoms with E-state index in [1.807, 2.05) is 38.1 Å². The summed E-state index contributed by atoms with van der Waals surface area (Å²) >= 11 is 0. The van der Waals surface area contributed by atoms with Crippen LogP contribution in [-0.2, 0) is 6.42 Å². The van der Waals surface area contributed by atoms with E-state index in [1.165, 1.54) is 16.8 Å². The molecule has 2 aromatic carbocycles. The molecule has 124 valence electrons. The Hall–Kier alpha value is -2.46. The molecule has 3 aromatic rings. The van der Waals surface area contributed by atoms with Gasteiger partial charge >= 0.3 is 0 Å². The Morgan fingerprint density at radius 1 is 1.12 bits per heavy atom. The summed E-state index contributed by atoms with van der Waals surface area (Å²) in [6.45, 7) is 4.98. The maximum atomic E-state index is 9.79. The van der Waals surface area contributed by atoms with Gasteiger partial charge in [-0.05, 0) is 61.7 Å². The van der Waals surface area contributed by atoms with Gasteiger partial charge in [0.15, 0.2) is 0 Å². The molecule has 1 aromatic heterocycles. The number of ether oxygens (including phenoxy) is 1. The van der Waals surface area contributed by atoms with E-state index in [1.54, 1.807) is 6.07 Å². The molecule has 1 atom stereocenters. The Morgan fingerprint density at radius 2 is 1.92 bits per heavy atom. The topological polar surface area (TPSA) is 57.3 Å². The smallest absolute Gasteiger partial charge is 0.119 e. The molecule has 0 fully saturated rings. The lowest BCUT2D eigenvalue weighted by molar-refractivity contribution is 0.242. The molecule has 0 amide bonds. The third-order valence-electron chi connectivity index (χ3n) is 4.52. The van der Waals surface area contributed by atoms with Crippen molar-refractivity contribution in [3.63, 3.8) is 0 Å². The number of hydrogen-bond donors (Lipinski definition) is 3. The van der Waals surface area contributed by atoms with Crippen LogP contribution in [0.15, 0.2) is 42.5 Å². The molecule has 0 saturated heterocycles. The van der Waals surface area contributed by atoms with Crippen molar-refractivity contribution in [1.82, 2.24) is 10.3 Å². The third-order valence-corrected chi connectivity index (χ3v) is 4.52. The lowest BCUT2D eigenvalue weighted by Crippen LogP contribution is -2.30. The molecule has 0 spiro atoms. The van der Waals surface area contributed by atoms with Crippen LogP contribution in [-0.4, -0.2) is 22.7 Å². The summed E-state index contributed by atoms with van der Waals surface area (Å²) in [6.07, 6.45) is 1.14. The molecule has 0 saturated carbocycles. The van der Waals surface area contributed by atoms with Gasteiger partial charge in [0, 0.05) is 23.1 Å². The SMILES string of the molecule is CC(C)Oc1ccc(C2NCCc3c2[nH]c2ccc(O)cc32)cc1. The van der Waals surface area contributed by atoms with Crippen LogP contribution in [0.5, 0.6) is 11.5 Å². The lowest BCUT2D eigenvalue weighted by Gasteiger charge is -2.25. The zero-order valence-electron chi connectivity index (χ0n) is 14.0. The van der Waals surface area contributed by atoms with Gasteiger partial charge in [0.1, 0.15) is 11.5 Å². The summed E-state index contributed by atoms with van der Waals surface area (Å²) in [5, 5.41) is 14.5. The number of aromatic nitrogens is 1. The number of phenolic OH excluding ortho intramolecular Hbond substituents is 1. The van der Waals surface area contributed by atoms with E-state index < -0.39 is 0 Å². The number of fused-ring (bicyclic) bond motifs is 3. The Kier molecular flexibility index (Phi) is 3.69. The van der Waals surface area contributed by atoms with Gasteiger partial charge in [-0.15, -0.1) is 0 Å². The normalized spacial score (nSPS) is 17.2. The van der Waals surface area contributed by atoms with Gasteiger partial charge in [0.05, 0.1) is 12.1 Å². The zero-order chi connectivity index (χ0) is 16.7. The first-order valence-corrected chi connectivity index (χ1v) is 8.45. The number of H-pyrrole nitrogens is 1. The highest BCUT2D eigenvalue weighted by Gasteiger charge is 2.25. The second kappa shape index (κ2) is 5.87. The molecular weight excluding hydrogens is 300 g/mol.